The van der Waals surface area contributed by atoms with E-state index in [9.17, 15) is 4.79 Å². The van der Waals surface area contributed by atoms with Gasteiger partial charge in [0.1, 0.15) is 0 Å². The van der Waals surface area contributed by atoms with E-state index in [4.69, 9.17) is 0 Å². The van der Waals surface area contributed by atoms with Gasteiger partial charge in [0.2, 0.25) is 11.1 Å². The summed E-state index contributed by atoms with van der Waals surface area (Å²) in [6, 6.07) is 8.38. The van der Waals surface area contributed by atoms with Crippen molar-refractivity contribution in [2.75, 3.05) is 7.05 Å². The van der Waals surface area contributed by atoms with Crippen molar-refractivity contribution >= 4 is 17.7 Å². The van der Waals surface area contributed by atoms with Gasteiger partial charge in [-0.25, -0.2) is 0 Å². The molecule has 1 heterocycles. The van der Waals surface area contributed by atoms with Crippen molar-refractivity contribution in [2.45, 2.75) is 62.4 Å². The summed E-state index contributed by atoms with van der Waals surface area (Å²) in [5, 5.41) is 12.4. The van der Waals surface area contributed by atoms with Gasteiger partial charge in [-0.05, 0) is 54.8 Å². The number of nitrogens with zero attached hydrogens (tertiary/aromatic N) is 5. The van der Waals surface area contributed by atoms with E-state index in [1.54, 1.807) is 4.68 Å². The molecular weight excluding hydrogens is 334 g/mol. The minimum atomic E-state index is -0.221. The van der Waals surface area contributed by atoms with Gasteiger partial charge >= 0.3 is 0 Å². The second kappa shape index (κ2) is 7.99. The van der Waals surface area contributed by atoms with Crippen LogP contribution in [-0.2, 0) is 4.79 Å². The van der Waals surface area contributed by atoms with E-state index in [-0.39, 0.29) is 11.2 Å². The Labute approximate surface area is 153 Å². The molecular formula is C18H25N5OS. The first kappa shape index (κ1) is 17.9. The Morgan fingerprint density at radius 1 is 1.32 bits per heavy atom. The molecule has 0 bridgehead atoms. The molecule has 2 aromatic rings. The topological polar surface area (TPSA) is 63.9 Å². The molecule has 6 nitrogen and oxygen atoms in total. The Kier molecular flexibility index (Phi) is 5.73. The van der Waals surface area contributed by atoms with Crippen molar-refractivity contribution in [1.82, 2.24) is 25.1 Å². The highest BCUT2D eigenvalue weighted by atomic mass is 32.2. The van der Waals surface area contributed by atoms with Crippen LogP contribution < -0.4 is 0 Å². The maximum atomic E-state index is 12.8. The summed E-state index contributed by atoms with van der Waals surface area (Å²) >= 11 is 1.41. The van der Waals surface area contributed by atoms with E-state index in [0.717, 1.165) is 24.1 Å². The average Bonchev–Trinajstić information content (AvgIpc) is 3.09. The van der Waals surface area contributed by atoms with Gasteiger partial charge in [0.15, 0.2) is 0 Å². The number of tetrazole rings is 1. The highest BCUT2D eigenvalue weighted by Crippen LogP contribution is 2.27. The number of thioether (sulfide) groups is 1. The summed E-state index contributed by atoms with van der Waals surface area (Å²) in [5.41, 5.74) is 2.05. The maximum absolute atomic E-state index is 12.8. The Morgan fingerprint density at radius 3 is 2.80 bits per heavy atom. The van der Waals surface area contributed by atoms with Crippen LogP contribution in [0.25, 0.3) is 5.69 Å². The van der Waals surface area contributed by atoms with Crippen LogP contribution in [0.2, 0.25) is 0 Å². The van der Waals surface area contributed by atoms with E-state index in [0.29, 0.717) is 11.2 Å². The lowest BCUT2D eigenvalue weighted by Gasteiger charge is -2.32. The number of carbonyl (C=O) groups excluding carboxylic acids is 1. The lowest BCUT2D eigenvalue weighted by atomic mass is 9.94. The van der Waals surface area contributed by atoms with E-state index in [2.05, 4.69) is 15.5 Å². The molecule has 1 amide bonds. The molecule has 134 valence electrons. The molecule has 7 heteroatoms. The van der Waals surface area contributed by atoms with Crippen LogP contribution >= 0.6 is 11.8 Å². The number of hydrogen-bond donors (Lipinski definition) is 0. The summed E-state index contributed by atoms with van der Waals surface area (Å²) in [6.45, 7) is 3.97. The lowest BCUT2D eigenvalue weighted by molar-refractivity contribution is -0.131. The molecule has 1 aromatic heterocycles. The lowest BCUT2D eigenvalue weighted by Crippen LogP contribution is -2.42. The number of rotatable bonds is 5. The van der Waals surface area contributed by atoms with Crippen molar-refractivity contribution in [3.8, 4) is 5.69 Å². The SMILES string of the molecule is Cc1cccc(-n2nnnc2SC(C)C(=O)N(C)C2CCCCC2)c1. The van der Waals surface area contributed by atoms with Crippen molar-refractivity contribution in [2.24, 2.45) is 0 Å². The molecule has 0 N–H and O–H groups in total. The first-order valence-electron chi connectivity index (χ1n) is 8.85. The molecule has 1 unspecified atom stereocenters. The van der Waals surface area contributed by atoms with Gasteiger partial charge < -0.3 is 4.90 Å². The molecule has 1 aliphatic carbocycles. The normalized spacial score (nSPS) is 16.6. The van der Waals surface area contributed by atoms with Crippen molar-refractivity contribution in [3.05, 3.63) is 29.8 Å². The summed E-state index contributed by atoms with van der Waals surface area (Å²) in [6.07, 6.45) is 5.94. The molecule has 3 rings (SSSR count). The quantitative estimate of drug-likeness (QED) is 0.767. The third-order valence-electron chi connectivity index (χ3n) is 4.79. The first-order valence-corrected chi connectivity index (χ1v) is 9.73. The average molecular weight is 359 g/mol. The Morgan fingerprint density at radius 2 is 2.08 bits per heavy atom. The molecule has 0 spiro atoms. The molecule has 0 saturated heterocycles. The molecule has 0 aliphatic heterocycles. The largest absolute Gasteiger partial charge is 0.342 e. The smallest absolute Gasteiger partial charge is 0.235 e. The molecule has 1 aliphatic rings. The van der Waals surface area contributed by atoms with Crippen LogP contribution in [0.15, 0.2) is 29.4 Å². The third-order valence-corrected chi connectivity index (χ3v) is 5.81. The number of hydrogen-bond acceptors (Lipinski definition) is 5. The second-order valence-corrected chi connectivity index (χ2v) is 8.02. The fourth-order valence-corrected chi connectivity index (χ4v) is 4.23. The van der Waals surface area contributed by atoms with E-state index >= 15 is 0 Å². The zero-order valence-corrected chi connectivity index (χ0v) is 15.9. The Bertz CT molecular complexity index is 726. The van der Waals surface area contributed by atoms with Crippen LogP contribution in [0.5, 0.6) is 0 Å². The van der Waals surface area contributed by atoms with Gasteiger partial charge in [-0.3, -0.25) is 4.79 Å². The summed E-state index contributed by atoms with van der Waals surface area (Å²) < 4.78 is 1.70. The van der Waals surface area contributed by atoms with Gasteiger partial charge in [0, 0.05) is 13.1 Å². The predicted molar refractivity (Wildman–Crippen MR) is 98.9 cm³/mol. The second-order valence-electron chi connectivity index (χ2n) is 6.71. The molecule has 1 saturated carbocycles. The molecule has 25 heavy (non-hydrogen) atoms. The van der Waals surface area contributed by atoms with Gasteiger partial charge in [-0.15, -0.1) is 5.10 Å². The predicted octanol–water partition coefficient (Wildman–Crippen LogP) is 3.24. The third kappa shape index (κ3) is 4.21. The van der Waals surface area contributed by atoms with Gasteiger partial charge in [0.05, 0.1) is 10.9 Å². The first-order chi connectivity index (χ1) is 12.1. The Balaban J connectivity index is 1.70. The summed E-state index contributed by atoms with van der Waals surface area (Å²) in [7, 11) is 1.93. The zero-order chi connectivity index (χ0) is 17.8. The molecule has 1 atom stereocenters. The number of carbonyl (C=O) groups is 1. The van der Waals surface area contributed by atoms with E-state index < -0.39 is 0 Å². The Hall–Kier alpha value is -1.89. The number of aryl methyl sites for hydroxylation is 1. The van der Waals surface area contributed by atoms with Crippen molar-refractivity contribution in [3.63, 3.8) is 0 Å². The molecule has 0 radical (unpaired) electrons. The van der Waals surface area contributed by atoms with Crippen molar-refractivity contribution < 1.29 is 4.79 Å². The minimum Gasteiger partial charge on any atom is -0.342 e. The number of benzene rings is 1. The van der Waals surface area contributed by atoms with Crippen LogP contribution in [0.1, 0.15) is 44.6 Å². The summed E-state index contributed by atoms with van der Waals surface area (Å²) in [5.74, 6) is 0.149. The number of aromatic nitrogens is 4. The van der Waals surface area contributed by atoms with Crippen LogP contribution in [0.4, 0.5) is 0 Å². The fraction of sp³-hybridized carbons (Fsp3) is 0.556. The fourth-order valence-electron chi connectivity index (χ4n) is 3.32. The molecule has 1 aromatic carbocycles. The highest BCUT2D eigenvalue weighted by molar-refractivity contribution is 8.00. The minimum absolute atomic E-state index is 0.149. The van der Waals surface area contributed by atoms with Gasteiger partial charge in [-0.2, -0.15) is 4.68 Å². The van der Waals surface area contributed by atoms with Crippen LogP contribution in [-0.4, -0.2) is 49.4 Å². The van der Waals surface area contributed by atoms with Crippen molar-refractivity contribution in [1.29, 1.82) is 0 Å². The van der Waals surface area contributed by atoms with E-state index in [1.165, 1.54) is 31.0 Å². The van der Waals surface area contributed by atoms with E-state index in [1.807, 2.05) is 50.1 Å². The van der Waals surface area contributed by atoms with Gasteiger partial charge in [0.25, 0.3) is 0 Å². The van der Waals surface area contributed by atoms with Crippen LogP contribution in [0.3, 0.4) is 0 Å². The monoisotopic (exact) mass is 359 g/mol. The zero-order valence-electron chi connectivity index (χ0n) is 15.1. The maximum Gasteiger partial charge on any atom is 0.235 e. The standard InChI is InChI=1S/C18H25N5OS/c1-13-8-7-11-16(12-13)23-18(19-20-21-23)25-14(2)17(24)22(3)15-9-5-4-6-10-15/h7-8,11-12,14-15H,4-6,9-10H2,1-3H3. The van der Waals surface area contributed by atoms with Gasteiger partial charge in [-0.1, -0.05) is 43.2 Å². The molecule has 1 fully saturated rings. The summed E-state index contributed by atoms with van der Waals surface area (Å²) in [4.78, 5) is 14.7. The van der Waals surface area contributed by atoms with Crippen LogP contribution in [0, 0.1) is 6.92 Å². The number of amides is 1. The highest BCUT2D eigenvalue weighted by Gasteiger charge is 2.27.